The average Bonchev–Trinajstić information content (AvgIpc) is 2.35. The molecule has 90 valence electrons. The number of rotatable bonds is 2. The van der Waals surface area contributed by atoms with Crippen LogP contribution in [-0.2, 0) is 6.42 Å². The minimum Gasteiger partial charge on any atom is -0.207 e. The molecule has 0 spiro atoms. The molecule has 1 aromatic carbocycles. The Balaban J connectivity index is 2.27. The van der Waals surface area contributed by atoms with E-state index in [4.69, 9.17) is 11.6 Å². The summed E-state index contributed by atoms with van der Waals surface area (Å²) in [6.07, 6.45) is 5.44. The van der Waals surface area contributed by atoms with Gasteiger partial charge in [-0.3, -0.25) is 0 Å². The summed E-state index contributed by atoms with van der Waals surface area (Å²) in [5.41, 5.74) is 0.0852. The molecule has 0 radical (unpaired) electrons. The van der Waals surface area contributed by atoms with Gasteiger partial charge in [0.05, 0.1) is 11.5 Å². The maximum atomic E-state index is 13.7. The zero-order chi connectivity index (χ0) is 12.3. The van der Waals surface area contributed by atoms with Gasteiger partial charge >= 0.3 is 0 Å². The molecule has 0 N–H and O–H groups in total. The van der Waals surface area contributed by atoms with Crippen LogP contribution in [0, 0.1) is 22.6 Å². The van der Waals surface area contributed by atoms with Crippen LogP contribution in [0.1, 0.15) is 37.7 Å². The van der Waals surface area contributed by atoms with Crippen LogP contribution in [0.4, 0.5) is 4.39 Å². The second-order valence-corrected chi connectivity index (χ2v) is 5.24. The Kier molecular flexibility index (Phi) is 3.69. The van der Waals surface area contributed by atoms with Crippen LogP contribution in [0.25, 0.3) is 0 Å². The fourth-order valence-electron chi connectivity index (χ4n) is 2.60. The third kappa shape index (κ3) is 2.61. The average molecular weight is 252 g/mol. The van der Waals surface area contributed by atoms with Crippen LogP contribution in [0.2, 0.25) is 5.02 Å². The van der Waals surface area contributed by atoms with Gasteiger partial charge in [-0.15, -0.1) is 0 Å². The summed E-state index contributed by atoms with van der Waals surface area (Å²) in [4.78, 5) is 0. The summed E-state index contributed by atoms with van der Waals surface area (Å²) in [6.45, 7) is 0. The molecule has 1 nitrogen and oxygen atoms in total. The predicted molar refractivity (Wildman–Crippen MR) is 66.2 cm³/mol. The molecule has 1 aromatic rings. The van der Waals surface area contributed by atoms with E-state index in [-0.39, 0.29) is 5.82 Å². The minimum absolute atomic E-state index is 0.294. The van der Waals surface area contributed by atoms with Crippen molar-refractivity contribution in [3.8, 4) is 6.07 Å². The van der Waals surface area contributed by atoms with Gasteiger partial charge in [-0.2, -0.15) is 5.26 Å². The van der Waals surface area contributed by atoms with Crippen molar-refractivity contribution in [2.24, 2.45) is 5.41 Å². The van der Waals surface area contributed by atoms with E-state index >= 15 is 0 Å². The van der Waals surface area contributed by atoms with Gasteiger partial charge in [-0.1, -0.05) is 36.9 Å². The molecule has 0 aromatic heterocycles. The van der Waals surface area contributed by atoms with Gasteiger partial charge in [-0.05, 0) is 31.4 Å². The molecule has 0 unspecified atom stereocenters. The molecule has 1 saturated carbocycles. The van der Waals surface area contributed by atoms with Gasteiger partial charge < -0.3 is 0 Å². The SMILES string of the molecule is N#CC1(Cc2c(F)cccc2Cl)CCCCC1. The Morgan fingerprint density at radius 2 is 2.00 bits per heavy atom. The van der Waals surface area contributed by atoms with E-state index in [2.05, 4.69) is 6.07 Å². The molecule has 0 amide bonds. The van der Waals surface area contributed by atoms with Crippen molar-refractivity contribution in [1.29, 1.82) is 5.26 Å². The summed E-state index contributed by atoms with van der Waals surface area (Å²) in [6, 6.07) is 7.09. The number of benzene rings is 1. The van der Waals surface area contributed by atoms with Crippen LogP contribution in [0.3, 0.4) is 0 Å². The highest BCUT2D eigenvalue weighted by Gasteiger charge is 2.33. The number of hydrogen-bond donors (Lipinski definition) is 0. The molecule has 0 heterocycles. The second-order valence-electron chi connectivity index (χ2n) is 4.83. The number of hydrogen-bond acceptors (Lipinski definition) is 1. The first-order valence-corrected chi connectivity index (χ1v) is 6.39. The number of nitriles is 1. The Morgan fingerprint density at radius 3 is 2.59 bits per heavy atom. The molecular formula is C14H15ClFN. The lowest BCUT2D eigenvalue weighted by molar-refractivity contribution is 0.263. The first kappa shape index (κ1) is 12.4. The van der Waals surface area contributed by atoms with Crippen molar-refractivity contribution in [2.75, 3.05) is 0 Å². The summed E-state index contributed by atoms with van der Waals surface area (Å²) < 4.78 is 13.7. The molecule has 2 rings (SSSR count). The topological polar surface area (TPSA) is 23.8 Å². The maximum absolute atomic E-state index is 13.7. The van der Waals surface area contributed by atoms with Crippen molar-refractivity contribution in [2.45, 2.75) is 38.5 Å². The summed E-state index contributed by atoms with van der Waals surface area (Å²) in [7, 11) is 0. The Labute approximate surface area is 106 Å². The lowest BCUT2D eigenvalue weighted by Crippen LogP contribution is -2.25. The normalized spacial score (nSPS) is 18.6. The quantitative estimate of drug-likeness (QED) is 0.759. The molecule has 0 aliphatic heterocycles. The molecular weight excluding hydrogens is 237 g/mol. The monoisotopic (exact) mass is 251 g/mol. The first-order valence-electron chi connectivity index (χ1n) is 6.01. The molecule has 0 saturated heterocycles. The van der Waals surface area contributed by atoms with Crippen LogP contribution in [-0.4, -0.2) is 0 Å². The lowest BCUT2D eigenvalue weighted by Gasteiger charge is -2.31. The molecule has 1 aliphatic rings. The van der Waals surface area contributed by atoms with Gasteiger partial charge in [0, 0.05) is 10.6 Å². The summed E-state index contributed by atoms with van der Waals surface area (Å²) >= 11 is 6.02. The Hall–Kier alpha value is -1.07. The van der Waals surface area contributed by atoms with Crippen molar-refractivity contribution >= 4 is 11.6 Å². The third-order valence-electron chi connectivity index (χ3n) is 3.62. The molecule has 0 atom stereocenters. The Bertz CT molecular complexity index is 424. The molecule has 1 fully saturated rings. The summed E-state index contributed by atoms with van der Waals surface area (Å²) in [5.74, 6) is -0.294. The van der Waals surface area contributed by atoms with E-state index in [0.717, 1.165) is 25.7 Å². The third-order valence-corrected chi connectivity index (χ3v) is 3.98. The highest BCUT2D eigenvalue weighted by atomic mass is 35.5. The standard InChI is InChI=1S/C14H15ClFN/c15-12-5-4-6-13(16)11(12)9-14(10-17)7-2-1-3-8-14/h4-6H,1-3,7-9H2. The van der Waals surface area contributed by atoms with Gasteiger partial charge in [0.25, 0.3) is 0 Å². The van der Waals surface area contributed by atoms with Gasteiger partial charge in [0.1, 0.15) is 5.82 Å². The van der Waals surface area contributed by atoms with Crippen LogP contribution in [0.15, 0.2) is 18.2 Å². The number of nitrogens with zero attached hydrogens (tertiary/aromatic N) is 1. The van der Waals surface area contributed by atoms with Crippen LogP contribution < -0.4 is 0 Å². The highest BCUT2D eigenvalue weighted by Crippen LogP contribution is 2.40. The van der Waals surface area contributed by atoms with Gasteiger partial charge in [0.15, 0.2) is 0 Å². The number of halogens is 2. The molecule has 1 aliphatic carbocycles. The molecule has 3 heteroatoms. The van der Waals surface area contributed by atoms with E-state index < -0.39 is 5.41 Å². The van der Waals surface area contributed by atoms with E-state index in [9.17, 15) is 9.65 Å². The van der Waals surface area contributed by atoms with Crippen molar-refractivity contribution in [3.63, 3.8) is 0 Å². The smallest absolute Gasteiger partial charge is 0.127 e. The Morgan fingerprint density at radius 1 is 1.29 bits per heavy atom. The predicted octanol–water partition coefficient (Wildman–Crippen LogP) is 4.50. The largest absolute Gasteiger partial charge is 0.207 e. The van der Waals surface area contributed by atoms with Crippen molar-refractivity contribution < 1.29 is 4.39 Å². The van der Waals surface area contributed by atoms with Gasteiger partial charge in [0.2, 0.25) is 0 Å². The highest BCUT2D eigenvalue weighted by molar-refractivity contribution is 6.31. The second kappa shape index (κ2) is 5.06. The van der Waals surface area contributed by atoms with Crippen LogP contribution in [0.5, 0.6) is 0 Å². The summed E-state index contributed by atoms with van der Waals surface area (Å²) in [5, 5.41) is 9.80. The zero-order valence-corrected chi connectivity index (χ0v) is 10.4. The fraction of sp³-hybridized carbons (Fsp3) is 0.500. The van der Waals surface area contributed by atoms with Crippen molar-refractivity contribution in [1.82, 2.24) is 0 Å². The van der Waals surface area contributed by atoms with Gasteiger partial charge in [-0.25, -0.2) is 4.39 Å². The molecule has 17 heavy (non-hydrogen) atoms. The minimum atomic E-state index is -0.413. The zero-order valence-electron chi connectivity index (χ0n) is 9.68. The fourth-order valence-corrected chi connectivity index (χ4v) is 2.83. The maximum Gasteiger partial charge on any atom is 0.127 e. The van der Waals surface area contributed by atoms with E-state index in [1.54, 1.807) is 12.1 Å². The first-order chi connectivity index (χ1) is 8.17. The lowest BCUT2D eigenvalue weighted by atomic mass is 9.71. The molecule has 0 bridgehead atoms. The van der Waals surface area contributed by atoms with E-state index in [1.165, 1.54) is 12.5 Å². The van der Waals surface area contributed by atoms with E-state index in [1.807, 2.05) is 0 Å². The van der Waals surface area contributed by atoms with E-state index in [0.29, 0.717) is 17.0 Å². The van der Waals surface area contributed by atoms with Crippen molar-refractivity contribution in [3.05, 3.63) is 34.6 Å². The van der Waals surface area contributed by atoms with Crippen LogP contribution >= 0.6 is 11.6 Å².